The van der Waals surface area contributed by atoms with E-state index < -0.39 is 0 Å². The average molecular weight is 274 g/mol. The number of fused-ring (bicyclic) bond motifs is 1. The van der Waals surface area contributed by atoms with E-state index in [1.807, 2.05) is 6.07 Å². The van der Waals surface area contributed by atoms with E-state index in [1.54, 1.807) is 0 Å². The molecule has 1 unspecified atom stereocenters. The molecule has 1 fully saturated rings. The number of carbonyl (C=O) groups is 1. The summed E-state index contributed by atoms with van der Waals surface area (Å²) in [4.78, 5) is 12.2. The van der Waals surface area contributed by atoms with Gasteiger partial charge in [-0.05, 0) is 36.9 Å². The monoisotopic (exact) mass is 274 g/mol. The van der Waals surface area contributed by atoms with E-state index >= 15 is 0 Å². The Labute approximate surface area is 119 Å². The van der Waals surface area contributed by atoms with E-state index in [0.717, 1.165) is 32.4 Å². The third-order valence-corrected chi connectivity index (χ3v) is 4.13. The van der Waals surface area contributed by atoms with Gasteiger partial charge < -0.3 is 15.4 Å². The van der Waals surface area contributed by atoms with Crippen LogP contribution < -0.4 is 10.6 Å². The number of ether oxygens (including phenoxy) is 1. The number of carbonyl (C=O) groups excluding carboxylic acids is 1. The van der Waals surface area contributed by atoms with Crippen molar-refractivity contribution >= 4 is 5.91 Å². The molecular weight excluding hydrogens is 252 g/mol. The predicted octanol–water partition coefficient (Wildman–Crippen LogP) is 1.56. The number of hydrogen-bond donors (Lipinski definition) is 2. The summed E-state index contributed by atoms with van der Waals surface area (Å²) in [6, 6.07) is 8.55. The van der Waals surface area contributed by atoms with Crippen LogP contribution in [0.3, 0.4) is 0 Å². The van der Waals surface area contributed by atoms with Gasteiger partial charge in [0.15, 0.2) is 0 Å². The lowest BCUT2D eigenvalue weighted by Crippen LogP contribution is -2.46. The van der Waals surface area contributed by atoms with E-state index in [4.69, 9.17) is 4.74 Å². The van der Waals surface area contributed by atoms with Crippen molar-refractivity contribution in [1.82, 2.24) is 10.6 Å². The number of rotatable bonds is 3. The fourth-order valence-corrected chi connectivity index (χ4v) is 3.08. The molecule has 2 aliphatic heterocycles. The number of amides is 1. The third kappa shape index (κ3) is 3.19. The van der Waals surface area contributed by atoms with Crippen molar-refractivity contribution in [2.75, 3.05) is 19.7 Å². The number of piperidine rings is 1. The molecule has 0 bridgehead atoms. The smallest absolute Gasteiger partial charge is 0.223 e. The molecule has 0 spiro atoms. The lowest BCUT2D eigenvalue weighted by Gasteiger charge is -2.28. The highest BCUT2D eigenvalue weighted by atomic mass is 16.5. The van der Waals surface area contributed by atoms with Gasteiger partial charge in [0, 0.05) is 12.6 Å². The first-order valence-electron chi connectivity index (χ1n) is 7.52. The predicted molar refractivity (Wildman–Crippen MR) is 77.5 cm³/mol. The lowest BCUT2D eigenvalue weighted by molar-refractivity contribution is -0.125. The first-order chi connectivity index (χ1) is 9.83. The molecule has 2 heterocycles. The quantitative estimate of drug-likeness (QED) is 0.879. The molecule has 1 aromatic rings. The normalized spacial score (nSPS) is 25.8. The van der Waals surface area contributed by atoms with Crippen LogP contribution in [0.15, 0.2) is 24.3 Å². The topological polar surface area (TPSA) is 50.4 Å². The minimum Gasteiger partial charge on any atom is -0.373 e. The van der Waals surface area contributed by atoms with Crippen molar-refractivity contribution < 1.29 is 9.53 Å². The zero-order chi connectivity index (χ0) is 13.8. The van der Waals surface area contributed by atoms with Gasteiger partial charge in [-0.25, -0.2) is 0 Å². The standard InChI is InChI=1S/C16H22N2O2/c19-16(18-13-5-3-8-17-11-13)10-15-14-6-2-1-4-12(14)7-9-20-15/h1-2,4,6,13,15,17H,3,5,7-11H2,(H,18,19)/t13-,15?/m0/s1. The van der Waals surface area contributed by atoms with E-state index in [2.05, 4.69) is 28.8 Å². The van der Waals surface area contributed by atoms with E-state index in [-0.39, 0.29) is 18.1 Å². The maximum absolute atomic E-state index is 12.2. The third-order valence-electron chi connectivity index (χ3n) is 4.13. The fraction of sp³-hybridized carbons (Fsp3) is 0.562. The Bertz CT molecular complexity index is 469. The van der Waals surface area contributed by atoms with Crippen molar-refractivity contribution in [2.24, 2.45) is 0 Å². The molecule has 0 aromatic heterocycles. The van der Waals surface area contributed by atoms with Gasteiger partial charge in [-0.1, -0.05) is 24.3 Å². The molecule has 2 N–H and O–H groups in total. The Balaban J connectivity index is 1.59. The molecule has 3 rings (SSSR count). The summed E-state index contributed by atoms with van der Waals surface area (Å²) in [6.45, 7) is 2.65. The first kappa shape index (κ1) is 13.6. The maximum Gasteiger partial charge on any atom is 0.223 e. The molecule has 0 aliphatic carbocycles. The van der Waals surface area contributed by atoms with Crippen LogP contribution in [0.4, 0.5) is 0 Å². The van der Waals surface area contributed by atoms with Crippen LogP contribution >= 0.6 is 0 Å². The van der Waals surface area contributed by atoms with Gasteiger partial charge >= 0.3 is 0 Å². The molecule has 108 valence electrons. The number of hydrogen-bond acceptors (Lipinski definition) is 3. The van der Waals surface area contributed by atoms with Crippen LogP contribution in [0, 0.1) is 0 Å². The van der Waals surface area contributed by atoms with Gasteiger partial charge in [-0.3, -0.25) is 4.79 Å². The largest absolute Gasteiger partial charge is 0.373 e. The van der Waals surface area contributed by atoms with Gasteiger partial charge in [0.05, 0.1) is 19.1 Å². The summed E-state index contributed by atoms with van der Waals surface area (Å²) in [5.74, 6) is 0.0976. The molecule has 0 radical (unpaired) electrons. The minimum atomic E-state index is -0.0866. The molecule has 1 amide bonds. The molecular formula is C16H22N2O2. The Morgan fingerprint density at radius 2 is 2.30 bits per heavy atom. The van der Waals surface area contributed by atoms with Crippen LogP contribution in [0.25, 0.3) is 0 Å². The van der Waals surface area contributed by atoms with E-state index in [1.165, 1.54) is 11.1 Å². The highest BCUT2D eigenvalue weighted by Gasteiger charge is 2.24. The summed E-state index contributed by atoms with van der Waals surface area (Å²) in [5, 5.41) is 6.43. The molecule has 4 nitrogen and oxygen atoms in total. The summed E-state index contributed by atoms with van der Waals surface area (Å²) < 4.78 is 5.79. The number of benzene rings is 1. The maximum atomic E-state index is 12.2. The van der Waals surface area contributed by atoms with Crippen LogP contribution in [0.2, 0.25) is 0 Å². The van der Waals surface area contributed by atoms with Gasteiger partial charge in [-0.2, -0.15) is 0 Å². The van der Waals surface area contributed by atoms with Crippen LogP contribution in [-0.4, -0.2) is 31.6 Å². The van der Waals surface area contributed by atoms with E-state index in [9.17, 15) is 4.79 Å². The Hall–Kier alpha value is -1.39. The van der Waals surface area contributed by atoms with Crippen molar-refractivity contribution in [3.05, 3.63) is 35.4 Å². The molecule has 1 aromatic carbocycles. The molecule has 0 saturated carbocycles. The van der Waals surface area contributed by atoms with Crippen molar-refractivity contribution in [2.45, 2.75) is 37.8 Å². The second-order valence-corrected chi connectivity index (χ2v) is 5.62. The Kier molecular flexibility index (Phi) is 4.33. The number of nitrogens with one attached hydrogen (secondary N) is 2. The second kappa shape index (κ2) is 6.37. The minimum absolute atomic E-state index is 0.0866. The highest BCUT2D eigenvalue weighted by molar-refractivity contribution is 5.77. The van der Waals surface area contributed by atoms with Crippen molar-refractivity contribution in [1.29, 1.82) is 0 Å². The molecule has 2 atom stereocenters. The summed E-state index contributed by atoms with van der Waals surface area (Å²) >= 11 is 0. The zero-order valence-electron chi connectivity index (χ0n) is 11.7. The van der Waals surface area contributed by atoms with Gasteiger partial charge in [-0.15, -0.1) is 0 Å². The summed E-state index contributed by atoms with van der Waals surface area (Å²) in [6.07, 6.45) is 3.49. The van der Waals surface area contributed by atoms with Gasteiger partial charge in [0.2, 0.25) is 5.91 Å². The van der Waals surface area contributed by atoms with E-state index in [0.29, 0.717) is 13.0 Å². The van der Waals surface area contributed by atoms with Crippen LogP contribution in [-0.2, 0) is 16.0 Å². The van der Waals surface area contributed by atoms with Crippen molar-refractivity contribution in [3.8, 4) is 0 Å². The molecule has 4 heteroatoms. The van der Waals surface area contributed by atoms with Crippen LogP contribution in [0.1, 0.15) is 36.5 Å². The zero-order valence-corrected chi connectivity index (χ0v) is 11.7. The van der Waals surface area contributed by atoms with Crippen LogP contribution in [0.5, 0.6) is 0 Å². The Morgan fingerprint density at radius 3 is 3.15 bits per heavy atom. The molecule has 2 aliphatic rings. The Morgan fingerprint density at radius 1 is 1.40 bits per heavy atom. The second-order valence-electron chi connectivity index (χ2n) is 5.62. The molecule has 1 saturated heterocycles. The first-order valence-corrected chi connectivity index (χ1v) is 7.52. The SMILES string of the molecule is O=C(CC1OCCc2ccccc21)N[C@H]1CCCNC1. The molecule has 20 heavy (non-hydrogen) atoms. The summed E-state index contributed by atoms with van der Waals surface area (Å²) in [5.41, 5.74) is 2.49. The fourth-order valence-electron chi connectivity index (χ4n) is 3.08. The van der Waals surface area contributed by atoms with Crippen molar-refractivity contribution in [3.63, 3.8) is 0 Å². The highest BCUT2D eigenvalue weighted by Crippen LogP contribution is 2.29. The average Bonchev–Trinajstić information content (AvgIpc) is 2.48. The summed E-state index contributed by atoms with van der Waals surface area (Å²) in [7, 11) is 0. The van der Waals surface area contributed by atoms with Gasteiger partial charge in [0.25, 0.3) is 0 Å². The van der Waals surface area contributed by atoms with Gasteiger partial charge in [0.1, 0.15) is 0 Å². The lowest BCUT2D eigenvalue weighted by atomic mass is 9.95.